The van der Waals surface area contributed by atoms with E-state index < -0.39 is 0 Å². The Labute approximate surface area is 121 Å². The van der Waals surface area contributed by atoms with E-state index >= 15 is 0 Å². The van der Waals surface area contributed by atoms with Crippen LogP contribution in [0.3, 0.4) is 0 Å². The van der Waals surface area contributed by atoms with Gasteiger partial charge in [0.25, 0.3) is 0 Å². The van der Waals surface area contributed by atoms with Crippen LogP contribution in [0.5, 0.6) is 5.75 Å². The van der Waals surface area contributed by atoms with E-state index in [1.54, 1.807) is 0 Å². The van der Waals surface area contributed by atoms with Gasteiger partial charge in [0.05, 0.1) is 17.8 Å². The van der Waals surface area contributed by atoms with Crippen LogP contribution in [0.2, 0.25) is 0 Å². The number of aromatic nitrogens is 1. The zero-order valence-corrected chi connectivity index (χ0v) is 12.5. The van der Waals surface area contributed by atoms with Crippen LogP contribution in [0.15, 0.2) is 30.3 Å². The third kappa shape index (κ3) is 3.94. The quantitative estimate of drug-likeness (QED) is 0.740. The fraction of sp³-hybridized carbons (Fsp3) is 0.471. The second-order valence-electron chi connectivity index (χ2n) is 5.07. The molecule has 0 spiro atoms. The van der Waals surface area contributed by atoms with Gasteiger partial charge in [-0.05, 0) is 25.6 Å². The van der Waals surface area contributed by atoms with E-state index in [9.17, 15) is 0 Å². The highest BCUT2D eigenvalue weighted by Gasteiger charge is 2.06. The molecule has 1 aromatic carbocycles. The predicted octanol–water partition coefficient (Wildman–Crippen LogP) is 3.91. The van der Waals surface area contributed by atoms with Gasteiger partial charge in [-0.1, -0.05) is 38.3 Å². The summed E-state index contributed by atoms with van der Waals surface area (Å²) in [6.45, 7) is 3.77. The Bertz CT molecular complexity index is 540. The Morgan fingerprint density at radius 1 is 1.15 bits per heavy atom. The van der Waals surface area contributed by atoms with Crippen molar-refractivity contribution in [2.75, 3.05) is 13.7 Å². The highest BCUT2D eigenvalue weighted by molar-refractivity contribution is 5.85. The first-order chi connectivity index (χ1) is 9.85. The molecule has 0 radical (unpaired) electrons. The van der Waals surface area contributed by atoms with Gasteiger partial charge in [-0.2, -0.15) is 0 Å². The van der Waals surface area contributed by atoms with E-state index in [1.165, 1.54) is 19.3 Å². The molecule has 1 aromatic heterocycles. The lowest BCUT2D eigenvalue weighted by molar-refractivity contribution is 0.308. The van der Waals surface area contributed by atoms with Gasteiger partial charge in [-0.3, -0.25) is 4.98 Å². The van der Waals surface area contributed by atoms with Crippen molar-refractivity contribution in [2.24, 2.45) is 0 Å². The average Bonchev–Trinajstić information content (AvgIpc) is 2.47. The first-order valence-electron chi connectivity index (χ1n) is 7.51. The van der Waals surface area contributed by atoms with E-state index in [0.717, 1.165) is 41.9 Å². The molecule has 0 aliphatic heterocycles. The molecular formula is C17H24N2O. The summed E-state index contributed by atoms with van der Waals surface area (Å²) in [5, 5.41) is 4.24. The van der Waals surface area contributed by atoms with E-state index in [0.29, 0.717) is 0 Å². The smallest absolute Gasteiger partial charge is 0.130 e. The zero-order valence-electron chi connectivity index (χ0n) is 12.5. The van der Waals surface area contributed by atoms with Crippen molar-refractivity contribution in [3.63, 3.8) is 0 Å². The molecule has 2 rings (SSSR count). The van der Waals surface area contributed by atoms with Crippen LogP contribution < -0.4 is 10.1 Å². The SMILES string of the molecule is CCCCCCOc1cc(CNC)nc2ccccc12. The Balaban J connectivity index is 2.12. The van der Waals surface area contributed by atoms with Gasteiger partial charge >= 0.3 is 0 Å². The summed E-state index contributed by atoms with van der Waals surface area (Å²) in [7, 11) is 1.93. The number of hydrogen-bond donors (Lipinski definition) is 1. The minimum Gasteiger partial charge on any atom is -0.493 e. The molecule has 0 amide bonds. The lowest BCUT2D eigenvalue weighted by atomic mass is 10.1. The molecule has 0 saturated heterocycles. The van der Waals surface area contributed by atoms with Crippen molar-refractivity contribution in [2.45, 2.75) is 39.2 Å². The van der Waals surface area contributed by atoms with Gasteiger partial charge in [0, 0.05) is 18.0 Å². The number of pyridine rings is 1. The largest absolute Gasteiger partial charge is 0.493 e. The lowest BCUT2D eigenvalue weighted by Gasteiger charge is -2.11. The highest BCUT2D eigenvalue weighted by Crippen LogP contribution is 2.25. The fourth-order valence-corrected chi connectivity index (χ4v) is 2.30. The Morgan fingerprint density at radius 3 is 2.80 bits per heavy atom. The monoisotopic (exact) mass is 272 g/mol. The minimum atomic E-state index is 0.761. The molecule has 0 fully saturated rings. The summed E-state index contributed by atoms with van der Waals surface area (Å²) < 4.78 is 5.99. The first kappa shape index (κ1) is 14.8. The third-order valence-corrected chi connectivity index (χ3v) is 3.34. The summed E-state index contributed by atoms with van der Waals surface area (Å²) in [5.74, 6) is 0.956. The number of ether oxygens (including phenoxy) is 1. The molecule has 3 heteroatoms. The van der Waals surface area contributed by atoms with Crippen LogP contribution in [0.4, 0.5) is 0 Å². The summed E-state index contributed by atoms with van der Waals surface area (Å²) >= 11 is 0. The predicted molar refractivity (Wildman–Crippen MR) is 84.1 cm³/mol. The van der Waals surface area contributed by atoms with Crippen LogP contribution >= 0.6 is 0 Å². The molecule has 0 saturated carbocycles. The van der Waals surface area contributed by atoms with Crippen LogP contribution in [-0.2, 0) is 6.54 Å². The third-order valence-electron chi connectivity index (χ3n) is 3.34. The molecule has 20 heavy (non-hydrogen) atoms. The van der Waals surface area contributed by atoms with Gasteiger partial charge in [-0.15, -0.1) is 0 Å². The molecule has 108 valence electrons. The molecular weight excluding hydrogens is 248 g/mol. The van der Waals surface area contributed by atoms with Crippen molar-refractivity contribution in [1.82, 2.24) is 10.3 Å². The summed E-state index contributed by atoms with van der Waals surface area (Å²) in [6, 6.07) is 10.2. The Kier molecular flexibility index (Phi) is 5.81. The van der Waals surface area contributed by atoms with E-state index in [-0.39, 0.29) is 0 Å². The number of fused-ring (bicyclic) bond motifs is 1. The molecule has 1 N–H and O–H groups in total. The normalized spacial score (nSPS) is 10.9. The number of nitrogens with zero attached hydrogens (tertiary/aromatic N) is 1. The summed E-state index contributed by atoms with van der Waals surface area (Å²) in [5.41, 5.74) is 2.03. The maximum atomic E-state index is 5.99. The number of rotatable bonds is 8. The molecule has 0 bridgehead atoms. The second kappa shape index (κ2) is 7.85. The van der Waals surface area contributed by atoms with Crippen LogP contribution in [0, 0.1) is 0 Å². The lowest BCUT2D eigenvalue weighted by Crippen LogP contribution is -2.08. The van der Waals surface area contributed by atoms with Crippen molar-refractivity contribution < 1.29 is 4.74 Å². The van der Waals surface area contributed by atoms with Crippen LogP contribution in [0.25, 0.3) is 10.9 Å². The van der Waals surface area contributed by atoms with Gasteiger partial charge in [-0.25, -0.2) is 0 Å². The highest BCUT2D eigenvalue weighted by atomic mass is 16.5. The van der Waals surface area contributed by atoms with Crippen LogP contribution in [0.1, 0.15) is 38.3 Å². The van der Waals surface area contributed by atoms with E-state index in [4.69, 9.17) is 4.74 Å². The molecule has 0 unspecified atom stereocenters. The average molecular weight is 272 g/mol. The summed E-state index contributed by atoms with van der Waals surface area (Å²) in [6.07, 6.45) is 4.89. The molecule has 0 aliphatic carbocycles. The van der Waals surface area contributed by atoms with Crippen LogP contribution in [-0.4, -0.2) is 18.6 Å². The Morgan fingerprint density at radius 2 is 2.00 bits per heavy atom. The number of nitrogens with one attached hydrogen (secondary N) is 1. The van der Waals surface area contributed by atoms with Crippen molar-refractivity contribution in [3.05, 3.63) is 36.0 Å². The number of benzene rings is 1. The van der Waals surface area contributed by atoms with Crippen molar-refractivity contribution in [3.8, 4) is 5.75 Å². The molecule has 0 aliphatic rings. The molecule has 0 atom stereocenters. The first-order valence-corrected chi connectivity index (χ1v) is 7.51. The van der Waals surface area contributed by atoms with Gasteiger partial charge in [0.1, 0.15) is 5.75 Å². The number of para-hydroxylation sites is 1. The molecule has 2 aromatic rings. The second-order valence-corrected chi connectivity index (χ2v) is 5.07. The maximum absolute atomic E-state index is 5.99. The van der Waals surface area contributed by atoms with Crippen molar-refractivity contribution >= 4 is 10.9 Å². The van der Waals surface area contributed by atoms with Crippen molar-refractivity contribution in [1.29, 1.82) is 0 Å². The number of unbranched alkanes of at least 4 members (excludes halogenated alkanes) is 3. The van der Waals surface area contributed by atoms with Gasteiger partial charge < -0.3 is 10.1 Å². The fourth-order valence-electron chi connectivity index (χ4n) is 2.30. The zero-order chi connectivity index (χ0) is 14.2. The van der Waals surface area contributed by atoms with E-state index in [2.05, 4.69) is 29.4 Å². The molecule has 1 heterocycles. The van der Waals surface area contributed by atoms with E-state index in [1.807, 2.05) is 25.2 Å². The number of hydrogen-bond acceptors (Lipinski definition) is 3. The maximum Gasteiger partial charge on any atom is 0.130 e. The van der Waals surface area contributed by atoms with Gasteiger partial charge in [0.2, 0.25) is 0 Å². The minimum absolute atomic E-state index is 0.761. The summed E-state index contributed by atoms with van der Waals surface area (Å²) in [4.78, 5) is 4.64. The molecule has 3 nitrogen and oxygen atoms in total. The van der Waals surface area contributed by atoms with Gasteiger partial charge in [0.15, 0.2) is 0 Å². The topological polar surface area (TPSA) is 34.1 Å². The Hall–Kier alpha value is -1.61. The standard InChI is InChI=1S/C17H24N2O/c1-3-4-5-8-11-20-17-12-14(13-18-2)19-16-10-7-6-9-15(16)17/h6-7,9-10,12,18H,3-5,8,11,13H2,1-2H3.